The van der Waals surface area contributed by atoms with Crippen molar-refractivity contribution >= 4 is 11.6 Å². The molecule has 6 heteroatoms. The molecule has 3 N–H and O–H groups in total. The van der Waals surface area contributed by atoms with Gasteiger partial charge in [0.2, 0.25) is 0 Å². The van der Waals surface area contributed by atoms with Crippen LogP contribution in [0.15, 0.2) is 12.1 Å². The van der Waals surface area contributed by atoms with Crippen LogP contribution in [-0.2, 0) is 0 Å². The van der Waals surface area contributed by atoms with E-state index < -0.39 is 23.2 Å². The first-order chi connectivity index (χ1) is 8.95. The summed E-state index contributed by atoms with van der Waals surface area (Å²) in [7, 11) is 0. The van der Waals surface area contributed by atoms with Crippen molar-refractivity contribution in [1.29, 1.82) is 0 Å². The molecule has 0 aromatic heterocycles. The van der Waals surface area contributed by atoms with Crippen LogP contribution in [0.1, 0.15) is 23.7 Å². The topological polar surface area (TPSA) is 66.6 Å². The third-order valence-electron chi connectivity index (χ3n) is 3.66. The SMILES string of the molecule is CC1CCN(C(=O)c2cc(F)c(N)c(F)c2)C1CO. The van der Waals surface area contributed by atoms with Crippen LogP contribution in [0, 0.1) is 17.6 Å². The van der Waals surface area contributed by atoms with Crippen LogP contribution in [0.4, 0.5) is 14.5 Å². The van der Waals surface area contributed by atoms with Crippen LogP contribution in [-0.4, -0.2) is 35.1 Å². The maximum atomic E-state index is 13.4. The number of hydrogen-bond acceptors (Lipinski definition) is 3. The Balaban J connectivity index is 2.30. The van der Waals surface area contributed by atoms with Crippen molar-refractivity contribution in [3.63, 3.8) is 0 Å². The Kier molecular flexibility index (Phi) is 3.71. The zero-order valence-electron chi connectivity index (χ0n) is 10.6. The summed E-state index contributed by atoms with van der Waals surface area (Å²) in [5.41, 5.74) is 4.49. The number of likely N-dealkylation sites (tertiary alicyclic amines) is 1. The maximum absolute atomic E-state index is 13.4. The molecule has 2 atom stereocenters. The van der Waals surface area contributed by atoms with E-state index in [-0.39, 0.29) is 24.1 Å². The lowest BCUT2D eigenvalue weighted by Crippen LogP contribution is -2.39. The smallest absolute Gasteiger partial charge is 0.254 e. The van der Waals surface area contributed by atoms with Gasteiger partial charge in [-0.3, -0.25) is 4.79 Å². The molecule has 0 bridgehead atoms. The maximum Gasteiger partial charge on any atom is 0.254 e. The van der Waals surface area contributed by atoms with E-state index in [1.54, 1.807) is 0 Å². The monoisotopic (exact) mass is 270 g/mol. The summed E-state index contributed by atoms with van der Waals surface area (Å²) < 4.78 is 26.7. The Bertz CT molecular complexity index is 484. The van der Waals surface area contributed by atoms with Gasteiger partial charge in [-0.15, -0.1) is 0 Å². The second-order valence-corrected chi connectivity index (χ2v) is 4.87. The van der Waals surface area contributed by atoms with Crippen molar-refractivity contribution in [1.82, 2.24) is 4.90 Å². The second kappa shape index (κ2) is 5.13. The Morgan fingerprint density at radius 2 is 2.05 bits per heavy atom. The van der Waals surface area contributed by atoms with Crippen molar-refractivity contribution in [2.24, 2.45) is 5.92 Å². The predicted octanol–water partition coefficient (Wildman–Crippen LogP) is 1.39. The molecule has 19 heavy (non-hydrogen) atoms. The average Bonchev–Trinajstić information content (AvgIpc) is 2.75. The summed E-state index contributed by atoms with van der Waals surface area (Å²) in [6.07, 6.45) is 0.761. The highest BCUT2D eigenvalue weighted by atomic mass is 19.1. The molecular formula is C13H16F2N2O2. The number of hydrogen-bond donors (Lipinski definition) is 2. The standard InChI is InChI=1S/C13H16F2N2O2/c1-7-2-3-17(11(7)6-18)13(19)8-4-9(14)12(16)10(15)5-8/h4-5,7,11,18H,2-3,6,16H2,1H3. The zero-order valence-corrected chi connectivity index (χ0v) is 10.6. The van der Waals surface area contributed by atoms with Crippen molar-refractivity contribution in [2.75, 3.05) is 18.9 Å². The summed E-state index contributed by atoms with van der Waals surface area (Å²) in [6.45, 7) is 2.24. The number of carbonyl (C=O) groups is 1. The summed E-state index contributed by atoms with van der Waals surface area (Å²) in [4.78, 5) is 13.7. The Morgan fingerprint density at radius 3 is 2.58 bits per heavy atom. The van der Waals surface area contributed by atoms with E-state index in [1.807, 2.05) is 6.92 Å². The van der Waals surface area contributed by atoms with Gasteiger partial charge in [0.1, 0.15) is 17.3 Å². The second-order valence-electron chi connectivity index (χ2n) is 4.87. The fourth-order valence-electron chi connectivity index (χ4n) is 2.41. The van der Waals surface area contributed by atoms with E-state index in [4.69, 9.17) is 5.73 Å². The predicted molar refractivity (Wildman–Crippen MR) is 66.5 cm³/mol. The molecule has 1 aromatic carbocycles. The molecule has 0 spiro atoms. The molecule has 104 valence electrons. The number of aliphatic hydroxyl groups excluding tert-OH is 1. The van der Waals surface area contributed by atoms with Gasteiger partial charge in [0, 0.05) is 12.1 Å². The van der Waals surface area contributed by atoms with Gasteiger partial charge in [-0.2, -0.15) is 0 Å². The summed E-state index contributed by atoms with van der Waals surface area (Å²) in [5.74, 6) is -2.22. The number of aliphatic hydroxyl groups is 1. The van der Waals surface area contributed by atoms with Gasteiger partial charge in [-0.25, -0.2) is 8.78 Å². The van der Waals surface area contributed by atoms with Crippen LogP contribution < -0.4 is 5.73 Å². The minimum absolute atomic E-state index is 0.0863. The number of amides is 1. The van der Waals surface area contributed by atoms with Gasteiger partial charge in [0.15, 0.2) is 0 Å². The number of halogens is 2. The van der Waals surface area contributed by atoms with Crippen LogP contribution in [0.5, 0.6) is 0 Å². The minimum atomic E-state index is -0.948. The number of benzene rings is 1. The summed E-state index contributed by atoms with van der Waals surface area (Å²) in [5, 5.41) is 9.29. The van der Waals surface area contributed by atoms with Gasteiger partial charge < -0.3 is 15.7 Å². The Hall–Kier alpha value is -1.69. The molecule has 4 nitrogen and oxygen atoms in total. The van der Waals surface area contributed by atoms with Crippen molar-refractivity contribution in [3.05, 3.63) is 29.3 Å². The molecule has 1 saturated heterocycles. The van der Waals surface area contributed by atoms with E-state index in [9.17, 15) is 18.7 Å². The van der Waals surface area contributed by atoms with Crippen LogP contribution in [0.3, 0.4) is 0 Å². The number of nitrogens with two attached hydrogens (primary N) is 1. The van der Waals surface area contributed by atoms with E-state index in [1.165, 1.54) is 4.90 Å². The molecule has 1 aromatic rings. The minimum Gasteiger partial charge on any atom is -0.394 e. The van der Waals surface area contributed by atoms with Gasteiger partial charge >= 0.3 is 0 Å². The van der Waals surface area contributed by atoms with E-state index in [0.717, 1.165) is 18.6 Å². The Labute approximate surface area is 109 Å². The summed E-state index contributed by atoms with van der Waals surface area (Å²) >= 11 is 0. The highest BCUT2D eigenvalue weighted by Gasteiger charge is 2.34. The number of anilines is 1. The molecule has 0 aliphatic carbocycles. The van der Waals surface area contributed by atoms with Crippen LogP contribution >= 0.6 is 0 Å². The van der Waals surface area contributed by atoms with Crippen molar-refractivity contribution in [2.45, 2.75) is 19.4 Å². The zero-order chi connectivity index (χ0) is 14.2. The van der Waals surface area contributed by atoms with Gasteiger partial charge in [-0.05, 0) is 24.5 Å². The molecule has 0 radical (unpaired) electrons. The number of nitrogens with zero attached hydrogens (tertiary/aromatic N) is 1. The first-order valence-corrected chi connectivity index (χ1v) is 6.12. The molecule has 1 fully saturated rings. The average molecular weight is 270 g/mol. The molecule has 2 rings (SSSR count). The molecule has 1 heterocycles. The fourth-order valence-corrected chi connectivity index (χ4v) is 2.41. The molecule has 0 saturated carbocycles. The highest BCUT2D eigenvalue weighted by Crippen LogP contribution is 2.26. The lowest BCUT2D eigenvalue weighted by Gasteiger charge is -2.25. The fraction of sp³-hybridized carbons (Fsp3) is 0.462. The third-order valence-corrected chi connectivity index (χ3v) is 3.66. The molecular weight excluding hydrogens is 254 g/mol. The van der Waals surface area contributed by atoms with E-state index >= 15 is 0 Å². The quantitative estimate of drug-likeness (QED) is 0.798. The number of carbonyl (C=O) groups excluding carboxylic acids is 1. The van der Waals surface area contributed by atoms with Crippen molar-refractivity contribution < 1.29 is 18.7 Å². The number of nitrogen functional groups attached to an aromatic ring is 1. The Morgan fingerprint density at radius 1 is 1.47 bits per heavy atom. The molecule has 1 aliphatic heterocycles. The highest BCUT2D eigenvalue weighted by molar-refractivity contribution is 5.95. The van der Waals surface area contributed by atoms with E-state index in [0.29, 0.717) is 6.54 Å². The van der Waals surface area contributed by atoms with Crippen molar-refractivity contribution in [3.8, 4) is 0 Å². The van der Waals surface area contributed by atoms with E-state index in [2.05, 4.69) is 0 Å². The molecule has 1 amide bonds. The lowest BCUT2D eigenvalue weighted by atomic mass is 10.0. The first kappa shape index (κ1) is 13.7. The van der Waals surface area contributed by atoms with Crippen LogP contribution in [0.25, 0.3) is 0 Å². The normalized spacial score (nSPS) is 22.8. The molecule has 1 aliphatic rings. The third kappa shape index (κ3) is 2.40. The first-order valence-electron chi connectivity index (χ1n) is 6.12. The summed E-state index contributed by atoms with van der Waals surface area (Å²) in [6, 6.07) is 1.55. The largest absolute Gasteiger partial charge is 0.394 e. The van der Waals surface area contributed by atoms with Gasteiger partial charge in [0.25, 0.3) is 5.91 Å². The van der Waals surface area contributed by atoms with Gasteiger partial charge in [-0.1, -0.05) is 6.92 Å². The lowest BCUT2D eigenvalue weighted by molar-refractivity contribution is 0.0647. The molecule has 2 unspecified atom stereocenters. The number of rotatable bonds is 2. The van der Waals surface area contributed by atoms with Gasteiger partial charge in [0.05, 0.1) is 12.6 Å². The van der Waals surface area contributed by atoms with Crippen LogP contribution in [0.2, 0.25) is 0 Å².